The van der Waals surface area contributed by atoms with E-state index in [1.54, 1.807) is 6.92 Å². The highest BCUT2D eigenvalue weighted by Gasteiger charge is 2.17. The van der Waals surface area contributed by atoms with Gasteiger partial charge in [0.1, 0.15) is 11.6 Å². The van der Waals surface area contributed by atoms with Crippen LogP contribution in [-0.4, -0.2) is 6.54 Å². The second kappa shape index (κ2) is 7.14. The van der Waals surface area contributed by atoms with E-state index in [-0.39, 0.29) is 17.7 Å². The van der Waals surface area contributed by atoms with Gasteiger partial charge in [0.05, 0.1) is 0 Å². The van der Waals surface area contributed by atoms with Crippen molar-refractivity contribution in [2.75, 3.05) is 6.54 Å². The Balaban J connectivity index is 2.30. The fraction of sp³-hybridized carbons (Fsp3) is 0.294. The maximum absolute atomic E-state index is 14.2. The van der Waals surface area contributed by atoms with Crippen molar-refractivity contribution in [1.82, 2.24) is 5.32 Å². The number of likely N-dealkylation sites (N-methyl/N-ethyl adjacent to an activating group) is 1. The van der Waals surface area contributed by atoms with E-state index in [2.05, 4.69) is 21.2 Å². The molecule has 0 bridgehead atoms. The Morgan fingerprint density at radius 3 is 2.38 bits per heavy atom. The van der Waals surface area contributed by atoms with Crippen molar-refractivity contribution in [3.8, 4) is 0 Å². The van der Waals surface area contributed by atoms with Gasteiger partial charge in [0.2, 0.25) is 0 Å². The fourth-order valence-electron chi connectivity index (χ4n) is 2.32. The van der Waals surface area contributed by atoms with Crippen LogP contribution in [0, 0.1) is 18.6 Å². The highest BCUT2D eigenvalue weighted by Crippen LogP contribution is 2.24. The van der Waals surface area contributed by atoms with Gasteiger partial charge in [0.15, 0.2) is 0 Å². The zero-order chi connectivity index (χ0) is 15.4. The Morgan fingerprint density at radius 1 is 1.10 bits per heavy atom. The van der Waals surface area contributed by atoms with E-state index in [1.165, 1.54) is 12.1 Å². The van der Waals surface area contributed by atoms with E-state index in [9.17, 15) is 8.78 Å². The van der Waals surface area contributed by atoms with Gasteiger partial charge in [-0.15, -0.1) is 0 Å². The first-order valence-electron chi connectivity index (χ1n) is 6.94. The lowest BCUT2D eigenvalue weighted by Gasteiger charge is -2.20. The van der Waals surface area contributed by atoms with Crippen molar-refractivity contribution >= 4 is 15.9 Å². The molecule has 0 fully saturated rings. The van der Waals surface area contributed by atoms with Crippen molar-refractivity contribution in [1.29, 1.82) is 0 Å². The maximum atomic E-state index is 14.2. The number of nitrogens with one attached hydrogen (secondary N) is 1. The Hall–Kier alpha value is -1.26. The smallest absolute Gasteiger partial charge is 0.128 e. The summed E-state index contributed by atoms with van der Waals surface area (Å²) in [5.74, 6) is -0.734. The molecule has 0 saturated carbocycles. The van der Waals surface area contributed by atoms with Crippen molar-refractivity contribution < 1.29 is 8.78 Å². The minimum Gasteiger partial charge on any atom is -0.310 e. The van der Waals surface area contributed by atoms with Crippen LogP contribution >= 0.6 is 15.9 Å². The van der Waals surface area contributed by atoms with Crippen molar-refractivity contribution in [3.05, 3.63) is 69.2 Å². The number of hydrogen-bond donors (Lipinski definition) is 1. The van der Waals surface area contributed by atoms with Gasteiger partial charge in [0.25, 0.3) is 0 Å². The Labute approximate surface area is 132 Å². The average Bonchev–Trinajstić information content (AvgIpc) is 2.45. The van der Waals surface area contributed by atoms with Gasteiger partial charge in [-0.2, -0.15) is 0 Å². The second-order valence-corrected chi connectivity index (χ2v) is 5.98. The maximum Gasteiger partial charge on any atom is 0.128 e. The first-order chi connectivity index (χ1) is 10.0. The van der Waals surface area contributed by atoms with E-state index in [0.29, 0.717) is 24.1 Å². The number of rotatable bonds is 5. The molecule has 1 nitrogen and oxygen atoms in total. The molecule has 1 N–H and O–H groups in total. The summed E-state index contributed by atoms with van der Waals surface area (Å²) in [6.07, 6.45) is 0.612. The van der Waals surface area contributed by atoms with Crippen LogP contribution in [0.2, 0.25) is 0 Å². The summed E-state index contributed by atoms with van der Waals surface area (Å²) in [6, 6.07) is 10.2. The van der Waals surface area contributed by atoms with E-state index < -0.39 is 0 Å². The molecule has 0 radical (unpaired) electrons. The molecule has 112 valence electrons. The zero-order valence-corrected chi connectivity index (χ0v) is 13.7. The minimum absolute atomic E-state index is 0.244. The lowest BCUT2D eigenvalue weighted by molar-refractivity contribution is 0.500. The average molecular weight is 354 g/mol. The van der Waals surface area contributed by atoms with Gasteiger partial charge >= 0.3 is 0 Å². The van der Waals surface area contributed by atoms with Crippen molar-refractivity contribution in [2.24, 2.45) is 0 Å². The predicted octanol–water partition coefficient (Wildman–Crippen LogP) is 4.93. The molecule has 2 aromatic carbocycles. The Kier molecular flexibility index (Phi) is 5.48. The molecular weight excluding hydrogens is 336 g/mol. The van der Waals surface area contributed by atoms with E-state index >= 15 is 0 Å². The summed E-state index contributed by atoms with van der Waals surface area (Å²) in [6.45, 7) is 4.21. The molecular formula is C17H18BrF2N. The highest BCUT2D eigenvalue weighted by molar-refractivity contribution is 9.10. The topological polar surface area (TPSA) is 12.0 Å². The summed E-state index contributed by atoms with van der Waals surface area (Å²) in [7, 11) is 0. The molecule has 0 aliphatic carbocycles. The first kappa shape index (κ1) is 16.1. The third-order valence-electron chi connectivity index (χ3n) is 3.46. The molecule has 1 unspecified atom stereocenters. The quantitative estimate of drug-likeness (QED) is 0.803. The molecule has 4 heteroatoms. The van der Waals surface area contributed by atoms with Crippen molar-refractivity contribution in [3.63, 3.8) is 0 Å². The van der Waals surface area contributed by atoms with Crippen LogP contribution in [0.4, 0.5) is 8.78 Å². The Morgan fingerprint density at radius 2 is 1.76 bits per heavy atom. The molecule has 2 aromatic rings. The molecule has 0 aliphatic rings. The van der Waals surface area contributed by atoms with Gasteiger partial charge in [-0.1, -0.05) is 35.0 Å². The van der Waals surface area contributed by atoms with Gasteiger partial charge in [-0.25, -0.2) is 8.78 Å². The predicted molar refractivity (Wildman–Crippen MR) is 85.4 cm³/mol. The van der Waals surface area contributed by atoms with E-state index in [0.717, 1.165) is 10.0 Å². The normalized spacial score (nSPS) is 12.4. The molecule has 2 rings (SSSR count). The SMILES string of the molecule is CCNC(Cc1ccc(Br)cc1)c1cc(F)c(C)cc1F. The lowest BCUT2D eigenvalue weighted by Crippen LogP contribution is -2.24. The highest BCUT2D eigenvalue weighted by atomic mass is 79.9. The van der Waals surface area contributed by atoms with Gasteiger partial charge in [0, 0.05) is 16.1 Å². The summed E-state index contributed by atoms with van der Waals surface area (Å²) >= 11 is 3.39. The van der Waals surface area contributed by atoms with Crippen LogP contribution < -0.4 is 5.32 Å². The number of benzene rings is 2. The van der Waals surface area contributed by atoms with Gasteiger partial charge < -0.3 is 5.32 Å². The molecule has 1 atom stereocenters. The third-order valence-corrected chi connectivity index (χ3v) is 3.99. The van der Waals surface area contributed by atoms with E-state index in [4.69, 9.17) is 0 Å². The standard InChI is InChI=1S/C17H18BrF2N/c1-3-21-17(9-12-4-6-13(18)7-5-12)14-10-15(19)11(2)8-16(14)20/h4-8,10,17,21H,3,9H2,1-2H3. The summed E-state index contributed by atoms with van der Waals surface area (Å²) in [4.78, 5) is 0. The first-order valence-corrected chi connectivity index (χ1v) is 7.74. The number of halogens is 3. The molecule has 0 amide bonds. The van der Waals surface area contributed by atoms with E-state index in [1.807, 2.05) is 31.2 Å². The van der Waals surface area contributed by atoms with Crippen LogP contribution in [0.5, 0.6) is 0 Å². The summed E-state index contributed by atoms with van der Waals surface area (Å²) in [5.41, 5.74) is 1.78. The van der Waals surface area contributed by atoms with Crippen LogP contribution in [0.15, 0.2) is 40.9 Å². The number of aryl methyl sites for hydroxylation is 1. The molecule has 0 spiro atoms. The lowest BCUT2D eigenvalue weighted by atomic mass is 9.97. The monoisotopic (exact) mass is 353 g/mol. The van der Waals surface area contributed by atoms with Crippen LogP contribution in [0.25, 0.3) is 0 Å². The van der Waals surface area contributed by atoms with Gasteiger partial charge in [-0.3, -0.25) is 0 Å². The number of hydrogen-bond acceptors (Lipinski definition) is 1. The minimum atomic E-state index is -0.370. The van der Waals surface area contributed by atoms with Gasteiger partial charge in [-0.05, 0) is 55.3 Å². The summed E-state index contributed by atoms with van der Waals surface area (Å²) < 4.78 is 28.9. The van der Waals surface area contributed by atoms with Crippen LogP contribution in [0.1, 0.15) is 29.7 Å². The molecule has 0 aromatic heterocycles. The largest absolute Gasteiger partial charge is 0.310 e. The van der Waals surface area contributed by atoms with Crippen molar-refractivity contribution in [2.45, 2.75) is 26.3 Å². The molecule has 0 heterocycles. The zero-order valence-electron chi connectivity index (χ0n) is 12.1. The molecule has 0 saturated heterocycles. The third kappa shape index (κ3) is 4.11. The van der Waals surface area contributed by atoms with Crippen LogP contribution in [-0.2, 0) is 6.42 Å². The fourth-order valence-corrected chi connectivity index (χ4v) is 2.59. The Bertz CT molecular complexity index is 611. The second-order valence-electron chi connectivity index (χ2n) is 5.06. The van der Waals surface area contributed by atoms with Crippen LogP contribution in [0.3, 0.4) is 0 Å². The summed E-state index contributed by atoms with van der Waals surface area (Å²) in [5, 5.41) is 3.23. The molecule has 0 aliphatic heterocycles. The molecule has 21 heavy (non-hydrogen) atoms.